The maximum Gasteiger partial charge on any atom is 0.306 e. The fraction of sp³-hybridized carbons (Fsp3) is 0.917. The lowest BCUT2D eigenvalue weighted by Crippen LogP contribution is -2.36. The van der Waals surface area contributed by atoms with Gasteiger partial charge in [0.2, 0.25) is 10.0 Å². The molecule has 0 aliphatic rings. The highest BCUT2D eigenvalue weighted by molar-refractivity contribution is 7.89. The molecule has 0 saturated heterocycles. The molecule has 0 radical (unpaired) electrons. The summed E-state index contributed by atoms with van der Waals surface area (Å²) in [4.78, 5) is 11.1. The average molecular weight is 294 g/mol. The van der Waals surface area contributed by atoms with Gasteiger partial charge in [-0.15, -0.1) is 0 Å². The Kier molecular flexibility index (Phi) is 8.20. The summed E-state index contributed by atoms with van der Waals surface area (Å²) in [6.07, 6.45) is 0.490. The van der Waals surface area contributed by atoms with Crippen molar-refractivity contribution in [2.75, 3.05) is 26.0 Å². The summed E-state index contributed by atoms with van der Waals surface area (Å²) in [6, 6.07) is -0.0253. The molecule has 0 fully saturated rings. The standard InChI is InChI=1S/C12H26N2O4S/c1-5-18-12(15)7-9-19(16,17)14(4)8-6-11(13)10(2)3/h10-11H,5-9,13H2,1-4H3. The van der Waals surface area contributed by atoms with Crippen LogP contribution in [-0.4, -0.2) is 50.7 Å². The van der Waals surface area contributed by atoms with E-state index in [4.69, 9.17) is 10.5 Å². The van der Waals surface area contributed by atoms with Gasteiger partial charge in [-0.05, 0) is 19.3 Å². The zero-order chi connectivity index (χ0) is 15.1. The molecule has 0 saturated carbocycles. The van der Waals surface area contributed by atoms with Crippen LogP contribution in [0.1, 0.15) is 33.6 Å². The van der Waals surface area contributed by atoms with Gasteiger partial charge in [0, 0.05) is 19.6 Å². The monoisotopic (exact) mass is 294 g/mol. The predicted octanol–water partition coefficient (Wildman–Crippen LogP) is 0.575. The summed E-state index contributed by atoms with van der Waals surface area (Å²) < 4.78 is 29.8. The molecule has 0 heterocycles. The molecule has 0 rings (SSSR count). The normalized spacial score (nSPS) is 13.8. The number of nitrogens with two attached hydrogens (primary N) is 1. The van der Waals surface area contributed by atoms with E-state index in [2.05, 4.69) is 0 Å². The van der Waals surface area contributed by atoms with E-state index in [-0.39, 0.29) is 24.8 Å². The first kappa shape index (κ1) is 18.3. The highest BCUT2D eigenvalue weighted by atomic mass is 32.2. The molecule has 6 nitrogen and oxygen atoms in total. The van der Waals surface area contributed by atoms with Gasteiger partial charge in [-0.2, -0.15) is 0 Å². The van der Waals surface area contributed by atoms with E-state index in [9.17, 15) is 13.2 Å². The van der Waals surface area contributed by atoms with Crippen LogP contribution in [-0.2, 0) is 19.6 Å². The Balaban J connectivity index is 4.21. The first-order valence-corrected chi connectivity index (χ1v) is 8.16. The molecular formula is C12H26N2O4S. The summed E-state index contributed by atoms with van der Waals surface area (Å²) in [5, 5.41) is 0. The number of hydrogen-bond donors (Lipinski definition) is 1. The zero-order valence-corrected chi connectivity index (χ0v) is 13.1. The van der Waals surface area contributed by atoms with Crippen molar-refractivity contribution in [1.29, 1.82) is 0 Å². The summed E-state index contributed by atoms with van der Waals surface area (Å²) in [6.45, 7) is 6.31. The third-order valence-corrected chi connectivity index (χ3v) is 4.83. The van der Waals surface area contributed by atoms with E-state index in [1.807, 2.05) is 13.8 Å². The average Bonchev–Trinajstić information content (AvgIpc) is 2.33. The summed E-state index contributed by atoms with van der Waals surface area (Å²) in [5.41, 5.74) is 5.87. The Labute approximate surface area is 116 Å². The summed E-state index contributed by atoms with van der Waals surface area (Å²) in [7, 11) is -1.91. The third-order valence-electron chi connectivity index (χ3n) is 2.98. The summed E-state index contributed by atoms with van der Waals surface area (Å²) in [5.74, 6) is -0.395. The van der Waals surface area contributed by atoms with Gasteiger partial charge < -0.3 is 10.5 Å². The van der Waals surface area contributed by atoms with E-state index < -0.39 is 16.0 Å². The molecule has 1 unspecified atom stereocenters. The Bertz CT molecular complexity index is 368. The molecular weight excluding hydrogens is 268 g/mol. The number of hydrogen-bond acceptors (Lipinski definition) is 5. The Morgan fingerprint density at radius 2 is 1.95 bits per heavy atom. The van der Waals surface area contributed by atoms with Crippen LogP contribution in [0.3, 0.4) is 0 Å². The highest BCUT2D eigenvalue weighted by Gasteiger charge is 2.20. The third kappa shape index (κ3) is 7.49. The van der Waals surface area contributed by atoms with Crippen LogP contribution in [0, 0.1) is 5.92 Å². The Morgan fingerprint density at radius 1 is 1.37 bits per heavy atom. The number of rotatable bonds is 9. The first-order chi connectivity index (χ1) is 8.70. The SMILES string of the molecule is CCOC(=O)CCS(=O)(=O)N(C)CCC(N)C(C)C. The van der Waals surface area contributed by atoms with E-state index in [0.29, 0.717) is 18.9 Å². The van der Waals surface area contributed by atoms with Gasteiger partial charge in [0.05, 0.1) is 18.8 Å². The van der Waals surface area contributed by atoms with Gasteiger partial charge >= 0.3 is 5.97 Å². The van der Waals surface area contributed by atoms with E-state index in [0.717, 1.165) is 0 Å². The van der Waals surface area contributed by atoms with Gasteiger partial charge in [0.15, 0.2) is 0 Å². The van der Waals surface area contributed by atoms with Gasteiger partial charge in [-0.1, -0.05) is 13.8 Å². The second-order valence-electron chi connectivity index (χ2n) is 4.89. The molecule has 0 aromatic carbocycles. The number of esters is 1. The molecule has 0 aromatic heterocycles. The van der Waals surface area contributed by atoms with Crippen molar-refractivity contribution in [2.24, 2.45) is 11.7 Å². The van der Waals surface area contributed by atoms with Crippen molar-refractivity contribution in [3.05, 3.63) is 0 Å². The van der Waals surface area contributed by atoms with Crippen LogP contribution in [0.5, 0.6) is 0 Å². The van der Waals surface area contributed by atoms with Crippen LogP contribution < -0.4 is 5.73 Å². The van der Waals surface area contributed by atoms with Crippen LogP contribution in [0.25, 0.3) is 0 Å². The van der Waals surface area contributed by atoms with Crippen molar-refractivity contribution in [3.8, 4) is 0 Å². The Hall–Kier alpha value is -0.660. The number of carbonyl (C=O) groups excluding carboxylic acids is 1. The van der Waals surface area contributed by atoms with Crippen LogP contribution in [0.4, 0.5) is 0 Å². The predicted molar refractivity (Wildman–Crippen MR) is 75.1 cm³/mol. The molecule has 19 heavy (non-hydrogen) atoms. The Morgan fingerprint density at radius 3 is 2.42 bits per heavy atom. The topological polar surface area (TPSA) is 89.7 Å². The van der Waals surface area contributed by atoms with Gasteiger partial charge in [-0.3, -0.25) is 4.79 Å². The van der Waals surface area contributed by atoms with Crippen molar-refractivity contribution >= 4 is 16.0 Å². The van der Waals surface area contributed by atoms with Crippen molar-refractivity contribution < 1.29 is 17.9 Å². The number of sulfonamides is 1. The molecule has 0 spiro atoms. The lowest BCUT2D eigenvalue weighted by molar-refractivity contribution is -0.142. The molecule has 114 valence electrons. The van der Waals surface area contributed by atoms with E-state index in [1.54, 1.807) is 6.92 Å². The maximum absolute atomic E-state index is 11.9. The van der Waals surface area contributed by atoms with Crippen LogP contribution >= 0.6 is 0 Å². The second kappa shape index (κ2) is 8.50. The quantitative estimate of drug-likeness (QED) is 0.628. The summed E-state index contributed by atoms with van der Waals surface area (Å²) >= 11 is 0. The lowest BCUT2D eigenvalue weighted by Gasteiger charge is -2.21. The number of ether oxygens (including phenoxy) is 1. The molecule has 2 N–H and O–H groups in total. The number of carbonyl (C=O) groups is 1. The molecule has 0 amide bonds. The minimum absolute atomic E-state index is 0.0253. The molecule has 0 bridgehead atoms. The molecule has 0 aliphatic carbocycles. The molecule has 1 atom stereocenters. The van der Waals surface area contributed by atoms with Crippen LogP contribution in [0.2, 0.25) is 0 Å². The molecule has 7 heteroatoms. The van der Waals surface area contributed by atoms with Crippen LogP contribution in [0.15, 0.2) is 0 Å². The van der Waals surface area contributed by atoms with Gasteiger partial charge in [-0.25, -0.2) is 12.7 Å². The lowest BCUT2D eigenvalue weighted by atomic mass is 10.0. The van der Waals surface area contributed by atoms with Gasteiger partial charge in [0.25, 0.3) is 0 Å². The fourth-order valence-corrected chi connectivity index (χ4v) is 2.52. The number of nitrogens with zero attached hydrogens (tertiary/aromatic N) is 1. The highest BCUT2D eigenvalue weighted by Crippen LogP contribution is 2.07. The van der Waals surface area contributed by atoms with E-state index in [1.165, 1.54) is 11.4 Å². The minimum atomic E-state index is -3.42. The maximum atomic E-state index is 11.9. The first-order valence-electron chi connectivity index (χ1n) is 6.56. The molecule has 0 aromatic rings. The van der Waals surface area contributed by atoms with Gasteiger partial charge in [0.1, 0.15) is 0 Å². The molecule has 0 aliphatic heterocycles. The minimum Gasteiger partial charge on any atom is -0.466 e. The van der Waals surface area contributed by atoms with Crippen molar-refractivity contribution in [3.63, 3.8) is 0 Å². The van der Waals surface area contributed by atoms with Crippen molar-refractivity contribution in [2.45, 2.75) is 39.7 Å². The second-order valence-corrected chi connectivity index (χ2v) is 7.08. The smallest absolute Gasteiger partial charge is 0.306 e. The van der Waals surface area contributed by atoms with Crippen molar-refractivity contribution in [1.82, 2.24) is 4.31 Å². The zero-order valence-electron chi connectivity index (χ0n) is 12.3. The largest absolute Gasteiger partial charge is 0.466 e. The fourth-order valence-electron chi connectivity index (χ4n) is 1.40. The van der Waals surface area contributed by atoms with E-state index >= 15 is 0 Å².